The van der Waals surface area contributed by atoms with Gasteiger partial charge in [-0.25, -0.2) is 0 Å². The molecular weight excluding hydrogens is 250 g/mol. The van der Waals surface area contributed by atoms with Crippen molar-refractivity contribution in [2.45, 2.75) is 19.8 Å². The van der Waals surface area contributed by atoms with Crippen LogP contribution in [0.15, 0.2) is 54.6 Å². The molecule has 0 saturated heterocycles. The molecule has 1 amide bonds. The topological polar surface area (TPSA) is 38.3 Å². The van der Waals surface area contributed by atoms with Crippen molar-refractivity contribution in [3.8, 4) is 5.75 Å². The summed E-state index contributed by atoms with van der Waals surface area (Å²) in [4.78, 5) is 12.0. The fourth-order valence-corrected chi connectivity index (χ4v) is 1.97. The molecule has 0 aliphatic carbocycles. The van der Waals surface area contributed by atoms with Crippen LogP contribution in [0.4, 0.5) is 5.69 Å². The number of rotatable bonds is 6. The number of amides is 1. The maximum atomic E-state index is 12.0. The highest BCUT2D eigenvalue weighted by Crippen LogP contribution is 2.23. The van der Waals surface area contributed by atoms with Crippen LogP contribution in [-0.2, 0) is 11.2 Å². The van der Waals surface area contributed by atoms with Crippen LogP contribution in [0.5, 0.6) is 5.75 Å². The SMILES string of the molecule is CCOc1ccccc1NC(=O)CCc1ccccc1. The second kappa shape index (κ2) is 7.34. The summed E-state index contributed by atoms with van der Waals surface area (Å²) >= 11 is 0. The Bertz CT molecular complexity index is 552. The van der Waals surface area contributed by atoms with Crippen molar-refractivity contribution < 1.29 is 9.53 Å². The van der Waals surface area contributed by atoms with E-state index in [1.165, 1.54) is 5.56 Å². The largest absolute Gasteiger partial charge is 0.492 e. The summed E-state index contributed by atoms with van der Waals surface area (Å²) in [6.07, 6.45) is 1.20. The van der Waals surface area contributed by atoms with Crippen LogP contribution in [0.25, 0.3) is 0 Å². The number of carbonyl (C=O) groups excluding carboxylic acids is 1. The number of nitrogens with one attached hydrogen (secondary N) is 1. The van der Waals surface area contributed by atoms with Gasteiger partial charge in [0.15, 0.2) is 0 Å². The lowest BCUT2D eigenvalue weighted by molar-refractivity contribution is -0.116. The zero-order chi connectivity index (χ0) is 14.2. The second-order valence-electron chi connectivity index (χ2n) is 4.46. The number of hydrogen-bond donors (Lipinski definition) is 1. The molecule has 0 saturated carbocycles. The van der Waals surface area contributed by atoms with E-state index in [1.54, 1.807) is 0 Å². The summed E-state index contributed by atoms with van der Waals surface area (Å²) in [6, 6.07) is 17.5. The Morgan fingerprint density at radius 3 is 2.50 bits per heavy atom. The number of ether oxygens (including phenoxy) is 1. The first-order valence-corrected chi connectivity index (χ1v) is 6.85. The van der Waals surface area contributed by atoms with Crippen molar-refractivity contribution in [2.75, 3.05) is 11.9 Å². The van der Waals surface area contributed by atoms with Crippen molar-refractivity contribution in [2.24, 2.45) is 0 Å². The zero-order valence-corrected chi connectivity index (χ0v) is 11.6. The highest BCUT2D eigenvalue weighted by atomic mass is 16.5. The molecule has 0 atom stereocenters. The van der Waals surface area contributed by atoms with Crippen molar-refractivity contribution in [1.82, 2.24) is 0 Å². The molecule has 2 rings (SSSR count). The van der Waals surface area contributed by atoms with Gasteiger partial charge in [-0.2, -0.15) is 0 Å². The summed E-state index contributed by atoms with van der Waals surface area (Å²) in [5.41, 5.74) is 1.90. The Labute approximate surface area is 119 Å². The Morgan fingerprint density at radius 1 is 1.05 bits per heavy atom. The first-order chi connectivity index (χ1) is 9.79. The molecule has 2 aromatic rings. The third-order valence-corrected chi connectivity index (χ3v) is 2.94. The van der Waals surface area contributed by atoms with Crippen LogP contribution in [0.3, 0.4) is 0 Å². The second-order valence-corrected chi connectivity index (χ2v) is 4.46. The van der Waals surface area contributed by atoms with Gasteiger partial charge in [0.1, 0.15) is 5.75 Å². The monoisotopic (exact) mass is 269 g/mol. The van der Waals surface area contributed by atoms with Gasteiger partial charge >= 0.3 is 0 Å². The first-order valence-electron chi connectivity index (χ1n) is 6.85. The van der Waals surface area contributed by atoms with E-state index >= 15 is 0 Å². The summed E-state index contributed by atoms with van der Waals surface area (Å²) in [5, 5.41) is 2.90. The minimum Gasteiger partial charge on any atom is -0.492 e. The van der Waals surface area contributed by atoms with E-state index in [2.05, 4.69) is 5.32 Å². The molecule has 0 aliphatic rings. The Balaban J connectivity index is 1.91. The van der Waals surface area contributed by atoms with Crippen LogP contribution < -0.4 is 10.1 Å². The van der Waals surface area contributed by atoms with Crippen LogP contribution in [0.2, 0.25) is 0 Å². The average Bonchev–Trinajstić information content (AvgIpc) is 2.49. The minimum atomic E-state index is 0.000932. The Kier molecular flexibility index (Phi) is 5.18. The predicted octanol–water partition coefficient (Wildman–Crippen LogP) is 3.66. The van der Waals surface area contributed by atoms with E-state index in [1.807, 2.05) is 61.5 Å². The average molecular weight is 269 g/mol. The van der Waals surface area contributed by atoms with Crippen LogP contribution >= 0.6 is 0 Å². The third-order valence-electron chi connectivity index (χ3n) is 2.94. The molecule has 3 nitrogen and oxygen atoms in total. The van der Waals surface area contributed by atoms with Crippen LogP contribution in [0.1, 0.15) is 18.9 Å². The molecule has 0 fully saturated rings. The molecule has 20 heavy (non-hydrogen) atoms. The minimum absolute atomic E-state index is 0.000932. The van der Waals surface area contributed by atoms with Gasteiger partial charge in [0.05, 0.1) is 12.3 Å². The van der Waals surface area contributed by atoms with Gasteiger partial charge in [0.2, 0.25) is 5.91 Å². The summed E-state index contributed by atoms with van der Waals surface area (Å²) < 4.78 is 5.49. The third kappa shape index (κ3) is 4.12. The maximum absolute atomic E-state index is 12.0. The predicted molar refractivity (Wildman–Crippen MR) is 81.0 cm³/mol. The fraction of sp³-hybridized carbons (Fsp3) is 0.235. The molecule has 0 aromatic heterocycles. The van der Waals surface area contributed by atoms with Crippen LogP contribution in [-0.4, -0.2) is 12.5 Å². The molecular formula is C17H19NO2. The lowest BCUT2D eigenvalue weighted by atomic mass is 10.1. The van der Waals surface area contributed by atoms with Crippen molar-refractivity contribution >= 4 is 11.6 Å². The van der Waals surface area contributed by atoms with E-state index < -0.39 is 0 Å². The van der Waals surface area contributed by atoms with Gasteiger partial charge in [0, 0.05) is 6.42 Å². The lowest BCUT2D eigenvalue weighted by Crippen LogP contribution is -2.13. The summed E-state index contributed by atoms with van der Waals surface area (Å²) in [6.45, 7) is 2.50. The van der Waals surface area contributed by atoms with E-state index in [0.29, 0.717) is 18.8 Å². The molecule has 0 unspecified atom stereocenters. The maximum Gasteiger partial charge on any atom is 0.224 e. The van der Waals surface area contributed by atoms with Gasteiger partial charge in [-0.3, -0.25) is 4.79 Å². The van der Waals surface area contributed by atoms with Gasteiger partial charge in [-0.1, -0.05) is 42.5 Å². The number of carbonyl (C=O) groups is 1. The number of benzene rings is 2. The van der Waals surface area contributed by atoms with E-state index in [9.17, 15) is 4.79 Å². The Morgan fingerprint density at radius 2 is 1.75 bits per heavy atom. The van der Waals surface area contributed by atoms with Crippen molar-refractivity contribution in [1.29, 1.82) is 0 Å². The normalized spacial score (nSPS) is 10.1. The number of anilines is 1. The van der Waals surface area contributed by atoms with Crippen molar-refractivity contribution in [3.63, 3.8) is 0 Å². The summed E-state index contributed by atoms with van der Waals surface area (Å²) in [5.74, 6) is 0.712. The molecule has 1 N–H and O–H groups in total. The highest BCUT2D eigenvalue weighted by molar-refractivity contribution is 5.92. The van der Waals surface area contributed by atoms with Gasteiger partial charge in [-0.05, 0) is 31.0 Å². The number of para-hydroxylation sites is 2. The van der Waals surface area contributed by atoms with E-state index in [4.69, 9.17) is 4.74 Å². The van der Waals surface area contributed by atoms with E-state index in [0.717, 1.165) is 12.1 Å². The van der Waals surface area contributed by atoms with E-state index in [-0.39, 0.29) is 5.91 Å². The molecule has 0 spiro atoms. The number of aryl methyl sites for hydroxylation is 1. The molecule has 0 aliphatic heterocycles. The first kappa shape index (κ1) is 14.1. The summed E-state index contributed by atoms with van der Waals surface area (Å²) in [7, 11) is 0. The highest BCUT2D eigenvalue weighted by Gasteiger charge is 2.07. The fourth-order valence-electron chi connectivity index (χ4n) is 1.97. The molecule has 0 radical (unpaired) electrons. The Hall–Kier alpha value is -2.29. The van der Waals surface area contributed by atoms with Gasteiger partial charge in [-0.15, -0.1) is 0 Å². The molecule has 3 heteroatoms. The lowest BCUT2D eigenvalue weighted by Gasteiger charge is -2.11. The molecule has 2 aromatic carbocycles. The molecule has 0 heterocycles. The molecule has 104 valence electrons. The van der Waals surface area contributed by atoms with Crippen LogP contribution in [0, 0.1) is 0 Å². The standard InChI is InChI=1S/C17H19NO2/c1-2-20-16-11-7-6-10-15(16)18-17(19)13-12-14-8-4-3-5-9-14/h3-11H,2,12-13H2,1H3,(H,18,19). The zero-order valence-electron chi connectivity index (χ0n) is 11.6. The van der Waals surface area contributed by atoms with Gasteiger partial charge in [0.25, 0.3) is 0 Å². The molecule has 0 bridgehead atoms. The number of hydrogen-bond acceptors (Lipinski definition) is 2. The van der Waals surface area contributed by atoms with Gasteiger partial charge < -0.3 is 10.1 Å². The van der Waals surface area contributed by atoms with Crippen molar-refractivity contribution in [3.05, 3.63) is 60.2 Å². The smallest absolute Gasteiger partial charge is 0.224 e. The quantitative estimate of drug-likeness (QED) is 0.869.